The first-order valence-electron chi connectivity index (χ1n) is 6.80. The van der Waals surface area contributed by atoms with Crippen molar-refractivity contribution >= 4 is 15.9 Å². The summed E-state index contributed by atoms with van der Waals surface area (Å²) in [4.78, 5) is 4.54. The topological polar surface area (TPSA) is 29.9 Å². The Labute approximate surface area is 122 Å². The SMILES string of the molecule is Brc1cccc(Cc2nccn2C2CCNCC2)c1. The molecular formula is C15H18BrN3. The summed E-state index contributed by atoms with van der Waals surface area (Å²) < 4.78 is 3.49. The summed E-state index contributed by atoms with van der Waals surface area (Å²) in [7, 11) is 0. The molecule has 0 atom stereocenters. The third kappa shape index (κ3) is 3.07. The molecule has 3 rings (SSSR count). The van der Waals surface area contributed by atoms with Crippen LogP contribution in [0.2, 0.25) is 0 Å². The first-order valence-corrected chi connectivity index (χ1v) is 7.59. The predicted octanol–water partition coefficient (Wildman–Crippen LogP) is 3.16. The number of halogens is 1. The second-order valence-electron chi connectivity index (χ2n) is 5.04. The molecule has 1 fully saturated rings. The van der Waals surface area contributed by atoms with Crippen molar-refractivity contribution in [2.75, 3.05) is 13.1 Å². The summed E-state index contributed by atoms with van der Waals surface area (Å²) in [6, 6.07) is 9.07. The molecule has 1 aromatic carbocycles. The van der Waals surface area contributed by atoms with Crippen LogP contribution in [0.15, 0.2) is 41.1 Å². The molecule has 0 radical (unpaired) electrons. The summed E-state index contributed by atoms with van der Waals surface area (Å²) in [5.74, 6) is 1.17. The maximum Gasteiger partial charge on any atom is 0.113 e. The highest BCUT2D eigenvalue weighted by molar-refractivity contribution is 9.10. The van der Waals surface area contributed by atoms with Crippen molar-refractivity contribution in [1.29, 1.82) is 0 Å². The molecule has 0 amide bonds. The smallest absolute Gasteiger partial charge is 0.113 e. The van der Waals surface area contributed by atoms with Crippen molar-refractivity contribution in [3.05, 3.63) is 52.5 Å². The minimum atomic E-state index is 0.603. The molecule has 0 aliphatic carbocycles. The zero-order valence-corrected chi connectivity index (χ0v) is 12.4. The zero-order valence-electron chi connectivity index (χ0n) is 10.8. The molecule has 19 heavy (non-hydrogen) atoms. The second kappa shape index (κ2) is 5.88. The fourth-order valence-electron chi connectivity index (χ4n) is 2.73. The van der Waals surface area contributed by atoms with E-state index in [1.807, 2.05) is 6.20 Å². The van der Waals surface area contributed by atoms with Crippen molar-refractivity contribution < 1.29 is 0 Å². The van der Waals surface area contributed by atoms with Gasteiger partial charge in [-0.1, -0.05) is 28.1 Å². The van der Waals surface area contributed by atoms with Gasteiger partial charge in [0.15, 0.2) is 0 Å². The van der Waals surface area contributed by atoms with Crippen LogP contribution in [0.1, 0.15) is 30.3 Å². The molecule has 0 saturated carbocycles. The van der Waals surface area contributed by atoms with Gasteiger partial charge in [-0.05, 0) is 43.6 Å². The highest BCUT2D eigenvalue weighted by Gasteiger charge is 2.17. The molecule has 0 bridgehead atoms. The Morgan fingerprint density at radius 1 is 1.32 bits per heavy atom. The van der Waals surface area contributed by atoms with Crippen LogP contribution >= 0.6 is 15.9 Å². The van der Waals surface area contributed by atoms with Gasteiger partial charge in [-0.25, -0.2) is 4.98 Å². The normalized spacial score (nSPS) is 16.7. The van der Waals surface area contributed by atoms with Gasteiger partial charge in [-0.2, -0.15) is 0 Å². The fourth-order valence-corrected chi connectivity index (χ4v) is 3.17. The molecule has 1 aromatic heterocycles. The summed E-state index contributed by atoms with van der Waals surface area (Å²) in [5.41, 5.74) is 1.30. The van der Waals surface area contributed by atoms with Gasteiger partial charge in [0, 0.05) is 29.3 Å². The Morgan fingerprint density at radius 2 is 2.16 bits per heavy atom. The highest BCUT2D eigenvalue weighted by Crippen LogP contribution is 2.22. The van der Waals surface area contributed by atoms with Crippen LogP contribution in [0.3, 0.4) is 0 Å². The van der Waals surface area contributed by atoms with E-state index in [0.717, 1.165) is 24.0 Å². The molecule has 1 aliphatic rings. The van der Waals surface area contributed by atoms with E-state index in [1.54, 1.807) is 0 Å². The third-order valence-electron chi connectivity index (χ3n) is 3.70. The van der Waals surface area contributed by atoms with Crippen LogP contribution in [-0.2, 0) is 6.42 Å². The van der Waals surface area contributed by atoms with Crippen LogP contribution in [0.25, 0.3) is 0 Å². The lowest BCUT2D eigenvalue weighted by Crippen LogP contribution is -2.29. The van der Waals surface area contributed by atoms with Gasteiger partial charge < -0.3 is 9.88 Å². The van der Waals surface area contributed by atoms with Gasteiger partial charge in [-0.15, -0.1) is 0 Å². The van der Waals surface area contributed by atoms with Crippen molar-refractivity contribution in [2.45, 2.75) is 25.3 Å². The molecule has 100 valence electrons. The Morgan fingerprint density at radius 3 is 2.95 bits per heavy atom. The minimum absolute atomic E-state index is 0.603. The van der Waals surface area contributed by atoms with Crippen LogP contribution in [-0.4, -0.2) is 22.6 Å². The lowest BCUT2D eigenvalue weighted by molar-refractivity contribution is 0.361. The summed E-state index contributed by atoms with van der Waals surface area (Å²) in [5, 5.41) is 3.41. The summed E-state index contributed by atoms with van der Waals surface area (Å²) in [6.45, 7) is 2.22. The molecule has 1 aliphatic heterocycles. The first-order chi connectivity index (χ1) is 9.33. The van der Waals surface area contributed by atoms with Crippen molar-refractivity contribution in [3.8, 4) is 0 Å². The molecule has 1 saturated heterocycles. The van der Waals surface area contributed by atoms with Gasteiger partial charge in [0.1, 0.15) is 5.82 Å². The van der Waals surface area contributed by atoms with E-state index in [1.165, 1.54) is 24.2 Å². The molecule has 2 aromatic rings. The lowest BCUT2D eigenvalue weighted by Gasteiger charge is -2.25. The maximum atomic E-state index is 4.54. The Kier molecular flexibility index (Phi) is 3.99. The number of nitrogens with zero attached hydrogens (tertiary/aromatic N) is 2. The number of aromatic nitrogens is 2. The monoisotopic (exact) mass is 319 g/mol. The summed E-state index contributed by atoms with van der Waals surface area (Å²) >= 11 is 3.53. The van der Waals surface area contributed by atoms with E-state index in [-0.39, 0.29) is 0 Å². The van der Waals surface area contributed by atoms with Crippen molar-refractivity contribution in [3.63, 3.8) is 0 Å². The van der Waals surface area contributed by atoms with Gasteiger partial charge in [-0.3, -0.25) is 0 Å². The van der Waals surface area contributed by atoms with Gasteiger partial charge >= 0.3 is 0 Å². The fraction of sp³-hybridized carbons (Fsp3) is 0.400. The van der Waals surface area contributed by atoms with Crippen LogP contribution in [0, 0.1) is 0 Å². The van der Waals surface area contributed by atoms with Crippen molar-refractivity contribution in [2.24, 2.45) is 0 Å². The zero-order chi connectivity index (χ0) is 13.1. The number of hydrogen-bond donors (Lipinski definition) is 1. The Bertz CT molecular complexity index is 544. The van der Waals surface area contributed by atoms with Crippen LogP contribution in [0.5, 0.6) is 0 Å². The predicted molar refractivity (Wildman–Crippen MR) is 80.3 cm³/mol. The molecule has 3 nitrogen and oxygen atoms in total. The molecule has 0 spiro atoms. The second-order valence-corrected chi connectivity index (χ2v) is 5.95. The van der Waals surface area contributed by atoms with E-state index in [9.17, 15) is 0 Å². The largest absolute Gasteiger partial charge is 0.332 e. The molecular weight excluding hydrogens is 302 g/mol. The van der Waals surface area contributed by atoms with E-state index in [4.69, 9.17) is 0 Å². The number of hydrogen-bond acceptors (Lipinski definition) is 2. The number of rotatable bonds is 3. The maximum absolute atomic E-state index is 4.54. The summed E-state index contributed by atoms with van der Waals surface area (Å²) in [6.07, 6.45) is 7.35. The minimum Gasteiger partial charge on any atom is -0.332 e. The first kappa shape index (κ1) is 12.9. The quantitative estimate of drug-likeness (QED) is 0.941. The molecule has 0 unspecified atom stereocenters. The average Bonchev–Trinajstić information content (AvgIpc) is 2.88. The van der Waals surface area contributed by atoms with Gasteiger partial charge in [0.05, 0.1) is 0 Å². The Hall–Kier alpha value is -1.13. The lowest BCUT2D eigenvalue weighted by atomic mass is 10.1. The average molecular weight is 320 g/mol. The van der Waals surface area contributed by atoms with Crippen LogP contribution < -0.4 is 5.32 Å². The molecule has 2 heterocycles. The van der Waals surface area contributed by atoms with Crippen molar-refractivity contribution in [1.82, 2.24) is 14.9 Å². The molecule has 4 heteroatoms. The number of nitrogens with one attached hydrogen (secondary N) is 1. The van der Waals surface area contributed by atoms with E-state index in [2.05, 4.69) is 61.3 Å². The standard InChI is InChI=1S/C15H18BrN3/c16-13-3-1-2-12(10-13)11-15-18-8-9-19(15)14-4-6-17-7-5-14/h1-3,8-10,14,17H,4-7,11H2. The Balaban J connectivity index is 1.80. The van der Waals surface area contributed by atoms with E-state index < -0.39 is 0 Å². The van der Waals surface area contributed by atoms with E-state index in [0.29, 0.717) is 6.04 Å². The number of benzene rings is 1. The molecule has 1 N–H and O–H groups in total. The van der Waals surface area contributed by atoms with Gasteiger partial charge in [0.2, 0.25) is 0 Å². The number of imidazole rings is 1. The third-order valence-corrected chi connectivity index (χ3v) is 4.20. The van der Waals surface area contributed by atoms with E-state index >= 15 is 0 Å². The number of piperidine rings is 1. The van der Waals surface area contributed by atoms with Crippen LogP contribution in [0.4, 0.5) is 0 Å². The highest BCUT2D eigenvalue weighted by atomic mass is 79.9. The van der Waals surface area contributed by atoms with Gasteiger partial charge in [0.25, 0.3) is 0 Å².